The molecule has 282 valence electrons. The number of rotatable bonds is 6. The van der Waals surface area contributed by atoms with Gasteiger partial charge in [-0.2, -0.15) is 0 Å². The lowest BCUT2D eigenvalue weighted by atomic mass is 10.0. The summed E-state index contributed by atoms with van der Waals surface area (Å²) in [4.78, 5) is 10.4. The summed E-state index contributed by atoms with van der Waals surface area (Å²) < 4.78 is 4.74. The van der Waals surface area contributed by atoms with Gasteiger partial charge in [0.25, 0.3) is 0 Å². The third kappa shape index (κ3) is 5.37. The smallest absolute Gasteiger partial charge is 0.0972 e. The van der Waals surface area contributed by atoms with Crippen molar-refractivity contribution in [3.8, 4) is 45.0 Å². The van der Waals surface area contributed by atoms with Crippen molar-refractivity contribution in [1.29, 1.82) is 0 Å². The summed E-state index contributed by atoms with van der Waals surface area (Å²) in [6.45, 7) is -0.0457. The number of hydrogen-bond donors (Lipinski definition) is 1. The van der Waals surface area contributed by atoms with Crippen LogP contribution >= 0.6 is 0 Å². The van der Waals surface area contributed by atoms with Gasteiger partial charge in [-0.05, 0) is 89.5 Å². The molecule has 0 fully saturated rings. The molecule has 1 N–H and O–H groups in total. The normalized spacial score (nSPS) is 11.8. The van der Waals surface area contributed by atoms with Gasteiger partial charge < -0.3 is 14.2 Å². The first-order valence-corrected chi connectivity index (χ1v) is 20.3. The fourth-order valence-corrected chi connectivity index (χ4v) is 9.23. The minimum absolute atomic E-state index is 0.0457. The van der Waals surface area contributed by atoms with Crippen LogP contribution in [0.25, 0.3) is 110 Å². The Kier molecular flexibility index (Phi) is 7.77. The number of benzene rings is 8. The van der Waals surface area contributed by atoms with Crippen LogP contribution in [0.4, 0.5) is 0 Å². The molecular formula is C55H36N4O. The lowest BCUT2D eigenvalue weighted by Gasteiger charge is -2.12. The zero-order chi connectivity index (χ0) is 39.7. The lowest BCUT2D eigenvalue weighted by Crippen LogP contribution is -1.96. The standard InChI is InChI=1S/C55H36N4O/c60-34-40-11-4-5-16-43(40)49-28-24-36-22-21-35-23-27-48(56-54(35)55(36)57-49)39-12-10-15-42(31-39)59-51-20-9-7-18-45(51)47-33-38(26-30-53(47)59)37-25-29-52-46(32-37)44-17-6-8-19-50(44)58(52)41-13-2-1-3-14-41/h1-33,60H,34H2. The van der Waals surface area contributed by atoms with E-state index in [0.29, 0.717) is 0 Å². The summed E-state index contributed by atoms with van der Waals surface area (Å²) in [5.74, 6) is 0. The van der Waals surface area contributed by atoms with Crippen LogP contribution in [-0.4, -0.2) is 24.2 Å². The molecule has 5 nitrogen and oxygen atoms in total. The Morgan fingerprint density at radius 2 is 0.883 bits per heavy atom. The van der Waals surface area contributed by atoms with Gasteiger partial charge in [0.15, 0.2) is 0 Å². The lowest BCUT2D eigenvalue weighted by molar-refractivity contribution is 0.282. The first-order valence-electron chi connectivity index (χ1n) is 20.3. The van der Waals surface area contributed by atoms with Gasteiger partial charge in [0.2, 0.25) is 0 Å². The molecule has 0 aliphatic rings. The van der Waals surface area contributed by atoms with E-state index in [1.54, 1.807) is 0 Å². The van der Waals surface area contributed by atoms with Crippen LogP contribution in [0.5, 0.6) is 0 Å². The van der Waals surface area contributed by atoms with Crippen molar-refractivity contribution in [1.82, 2.24) is 19.1 Å². The fraction of sp³-hybridized carbons (Fsp3) is 0.0182. The Morgan fingerprint density at radius 1 is 0.367 bits per heavy atom. The third-order valence-electron chi connectivity index (χ3n) is 12.1. The monoisotopic (exact) mass is 768 g/mol. The van der Waals surface area contributed by atoms with Crippen LogP contribution in [0.1, 0.15) is 5.56 Å². The van der Waals surface area contributed by atoms with E-state index in [9.17, 15) is 5.11 Å². The highest BCUT2D eigenvalue weighted by Crippen LogP contribution is 2.39. The summed E-state index contributed by atoms with van der Waals surface area (Å²) in [5.41, 5.74) is 15.5. The molecule has 5 heteroatoms. The number of para-hydroxylation sites is 3. The van der Waals surface area contributed by atoms with E-state index in [0.717, 1.165) is 72.3 Å². The molecule has 0 atom stereocenters. The van der Waals surface area contributed by atoms with Crippen LogP contribution in [0, 0.1) is 0 Å². The van der Waals surface area contributed by atoms with E-state index in [-0.39, 0.29) is 6.61 Å². The second-order valence-corrected chi connectivity index (χ2v) is 15.5. The molecule has 0 radical (unpaired) electrons. The summed E-state index contributed by atoms with van der Waals surface area (Å²) >= 11 is 0. The number of pyridine rings is 2. The molecule has 0 spiro atoms. The zero-order valence-corrected chi connectivity index (χ0v) is 32.5. The summed E-state index contributed by atoms with van der Waals surface area (Å²) in [6.07, 6.45) is 0. The highest BCUT2D eigenvalue weighted by Gasteiger charge is 2.17. The van der Waals surface area contributed by atoms with Gasteiger partial charge in [-0.1, -0.05) is 127 Å². The topological polar surface area (TPSA) is 55.9 Å². The first kappa shape index (κ1) is 34.2. The maximum Gasteiger partial charge on any atom is 0.0972 e. The van der Waals surface area contributed by atoms with E-state index < -0.39 is 0 Å². The Morgan fingerprint density at radius 3 is 1.55 bits per heavy atom. The summed E-state index contributed by atoms with van der Waals surface area (Å²) in [7, 11) is 0. The molecule has 0 amide bonds. The largest absolute Gasteiger partial charge is 0.392 e. The van der Waals surface area contributed by atoms with Crippen LogP contribution in [0.2, 0.25) is 0 Å². The molecule has 0 saturated heterocycles. The second-order valence-electron chi connectivity index (χ2n) is 15.5. The molecule has 0 bridgehead atoms. The Labute approximate surface area is 345 Å². The van der Waals surface area contributed by atoms with Gasteiger partial charge in [0, 0.05) is 54.8 Å². The molecule has 8 aromatic carbocycles. The number of hydrogen-bond acceptors (Lipinski definition) is 3. The fourth-order valence-electron chi connectivity index (χ4n) is 9.23. The van der Waals surface area contributed by atoms with Crippen LogP contribution in [0.3, 0.4) is 0 Å². The van der Waals surface area contributed by atoms with Crippen molar-refractivity contribution in [2.24, 2.45) is 0 Å². The average Bonchev–Trinajstić information content (AvgIpc) is 3.83. The number of nitrogens with zero attached hydrogens (tertiary/aromatic N) is 4. The molecule has 0 aliphatic heterocycles. The van der Waals surface area contributed by atoms with Gasteiger partial charge in [-0.3, -0.25) is 0 Å². The van der Waals surface area contributed by atoms with E-state index in [2.05, 4.69) is 179 Å². The predicted molar refractivity (Wildman–Crippen MR) is 248 cm³/mol. The van der Waals surface area contributed by atoms with Gasteiger partial charge in [-0.15, -0.1) is 0 Å². The van der Waals surface area contributed by atoms with Gasteiger partial charge in [0.05, 0.1) is 51.1 Å². The number of aromatic nitrogens is 4. The van der Waals surface area contributed by atoms with Crippen molar-refractivity contribution in [2.45, 2.75) is 6.61 Å². The van der Waals surface area contributed by atoms with Crippen molar-refractivity contribution in [2.75, 3.05) is 0 Å². The van der Waals surface area contributed by atoms with Gasteiger partial charge in [-0.25, -0.2) is 9.97 Å². The maximum atomic E-state index is 10.0. The van der Waals surface area contributed by atoms with Crippen LogP contribution in [0.15, 0.2) is 200 Å². The maximum absolute atomic E-state index is 10.0. The van der Waals surface area contributed by atoms with Crippen molar-refractivity contribution in [3.63, 3.8) is 0 Å². The minimum atomic E-state index is -0.0457. The quantitative estimate of drug-likeness (QED) is 0.171. The minimum Gasteiger partial charge on any atom is -0.392 e. The van der Waals surface area contributed by atoms with Gasteiger partial charge in [0.1, 0.15) is 0 Å². The molecule has 0 unspecified atom stereocenters. The molecule has 4 aromatic heterocycles. The molecule has 12 rings (SSSR count). The van der Waals surface area contributed by atoms with Crippen molar-refractivity contribution in [3.05, 3.63) is 206 Å². The summed E-state index contributed by atoms with van der Waals surface area (Å²) in [5, 5.41) is 17.0. The van der Waals surface area contributed by atoms with E-state index in [1.807, 2.05) is 30.3 Å². The predicted octanol–water partition coefficient (Wildman–Crippen LogP) is 13.5. The van der Waals surface area contributed by atoms with Crippen LogP contribution < -0.4 is 0 Å². The zero-order valence-electron chi connectivity index (χ0n) is 32.5. The Balaban J connectivity index is 0.969. The molecule has 0 saturated carbocycles. The third-order valence-corrected chi connectivity index (χ3v) is 12.1. The molecular weight excluding hydrogens is 733 g/mol. The first-order chi connectivity index (χ1) is 29.7. The molecule has 60 heavy (non-hydrogen) atoms. The van der Waals surface area contributed by atoms with E-state index >= 15 is 0 Å². The number of aliphatic hydroxyl groups excluding tert-OH is 1. The molecule has 0 aliphatic carbocycles. The second kappa shape index (κ2) is 13.6. The molecule has 4 heterocycles. The number of aliphatic hydroxyl groups is 1. The Bertz CT molecular complexity index is 3660. The van der Waals surface area contributed by atoms with Crippen LogP contribution in [-0.2, 0) is 6.61 Å². The number of fused-ring (bicyclic) bond motifs is 9. The molecule has 12 aromatic rings. The van der Waals surface area contributed by atoms with Crippen molar-refractivity contribution < 1.29 is 5.11 Å². The Hall–Kier alpha value is -7.86. The SMILES string of the molecule is OCc1ccccc1-c1ccc2ccc3ccc(-c4cccc(-n5c6ccccc6c6cc(-c7ccc8c(c7)c7ccccc7n8-c7ccccc7)ccc65)c4)nc3c2n1. The van der Waals surface area contributed by atoms with Gasteiger partial charge >= 0.3 is 0 Å². The average molecular weight is 769 g/mol. The van der Waals surface area contributed by atoms with E-state index in [1.165, 1.54) is 43.7 Å². The van der Waals surface area contributed by atoms with E-state index in [4.69, 9.17) is 9.97 Å². The highest BCUT2D eigenvalue weighted by atomic mass is 16.3. The highest BCUT2D eigenvalue weighted by molar-refractivity contribution is 6.13. The summed E-state index contributed by atoms with van der Waals surface area (Å²) in [6, 6.07) is 70.9. The van der Waals surface area contributed by atoms with Crippen molar-refractivity contribution >= 4 is 65.4 Å².